The Balaban J connectivity index is 2.18. The molecule has 2 N–H and O–H groups in total. The Bertz CT molecular complexity index is 590. The normalized spacial score (nSPS) is 11.9. The molecular weight excluding hydrogens is 250 g/mol. The third-order valence-electron chi connectivity index (χ3n) is 3.19. The van der Waals surface area contributed by atoms with Crippen LogP contribution in [0.15, 0.2) is 48.5 Å². The quantitative estimate of drug-likeness (QED) is 0.666. The minimum atomic E-state index is -0.512. The first-order valence-corrected chi connectivity index (χ1v) is 6.74. The predicted octanol–water partition coefficient (Wildman–Crippen LogP) is 3.62. The minimum absolute atomic E-state index is 0.0178. The van der Waals surface area contributed by atoms with Crippen LogP contribution in [0.1, 0.15) is 29.3 Å². The molecule has 0 heterocycles. The van der Waals surface area contributed by atoms with Gasteiger partial charge in [0.25, 0.3) is 0 Å². The molecule has 0 aliphatic heterocycles. The molecule has 0 saturated heterocycles. The molecule has 0 radical (unpaired) electrons. The maximum atomic E-state index is 12.4. The van der Waals surface area contributed by atoms with Crippen LogP contribution in [0.4, 0.5) is 5.69 Å². The van der Waals surface area contributed by atoms with Crippen molar-refractivity contribution >= 4 is 11.5 Å². The first kappa shape index (κ1) is 14.1. The van der Waals surface area contributed by atoms with Crippen LogP contribution in [-0.4, -0.2) is 11.9 Å². The van der Waals surface area contributed by atoms with E-state index < -0.39 is 6.10 Å². The lowest BCUT2D eigenvalue weighted by molar-refractivity contribution is 0.0788. The fourth-order valence-electron chi connectivity index (χ4n) is 1.97. The van der Waals surface area contributed by atoms with E-state index in [-0.39, 0.29) is 5.78 Å². The van der Waals surface area contributed by atoms with E-state index in [4.69, 9.17) is 10.5 Å². The molecule has 0 saturated carbocycles. The number of carbonyl (C=O) groups is 1. The van der Waals surface area contributed by atoms with Crippen LogP contribution < -0.4 is 10.5 Å². The Kier molecular flexibility index (Phi) is 4.41. The zero-order valence-electron chi connectivity index (χ0n) is 11.8. The van der Waals surface area contributed by atoms with E-state index in [0.29, 0.717) is 23.4 Å². The number of ketones is 1. The van der Waals surface area contributed by atoms with E-state index in [1.807, 2.05) is 50.2 Å². The number of rotatable bonds is 5. The van der Waals surface area contributed by atoms with Crippen LogP contribution in [0.3, 0.4) is 0 Å². The molecule has 0 aromatic heterocycles. The van der Waals surface area contributed by atoms with Crippen molar-refractivity contribution in [2.45, 2.75) is 26.4 Å². The first-order valence-electron chi connectivity index (χ1n) is 6.74. The molecule has 0 amide bonds. The van der Waals surface area contributed by atoms with Crippen molar-refractivity contribution in [3.63, 3.8) is 0 Å². The summed E-state index contributed by atoms with van der Waals surface area (Å²) in [4.78, 5) is 12.4. The standard InChI is InChI=1S/C17H19NO2/c1-3-15(20-16-7-5-4-6-14(16)18)17(19)13-10-8-12(2)9-11-13/h4-11,15H,3,18H2,1-2H3. The van der Waals surface area contributed by atoms with Crippen LogP contribution in [0.25, 0.3) is 0 Å². The molecule has 1 atom stereocenters. The Morgan fingerprint density at radius 3 is 2.40 bits per heavy atom. The van der Waals surface area contributed by atoms with Crippen LogP contribution >= 0.6 is 0 Å². The van der Waals surface area contributed by atoms with Crippen molar-refractivity contribution in [2.75, 3.05) is 5.73 Å². The summed E-state index contributed by atoms with van der Waals surface area (Å²) >= 11 is 0. The molecule has 3 heteroatoms. The summed E-state index contributed by atoms with van der Waals surface area (Å²) in [5.41, 5.74) is 8.18. The van der Waals surface area contributed by atoms with Gasteiger partial charge in [-0.1, -0.05) is 48.9 Å². The lowest BCUT2D eigenvalue weighted by Gasteiger charge is -2.17. The average Bonchev–Trinajstić information content (AvgIpc) is 2.46. The SMILES string of the molecule is CCC(Oc1ccccc1N)C(=O)c1ccc(C)cc1. The largest absolute Gasteiger partial charge is 0.480 e. The van der Waals surface area contributed by atoms with Gasteiger partial charge in [-0.15, -0.1) is 0 Å². The summed E-state index contributed by atoms with van der Waals surface area (Å²) in [6, 6.07) is 14.7. The van der Waals surface area contributed by atoms with Gasteiger partial charge >= 0.3 is 0 Å². The van der Waals surface area contributed by atoms with Crippen LogP contribution in [0.2, 0.25) is 0 Å². The van der Waals surface area contributed by atoms with Gasteiger partial charge in [-0.05, 0) is 25.5 Å². The molecule has 3 nitrogen and oxygen atoms in total. The third kappa shape index (κ3) is 3.18. The number of aryl methyl sites for hydroxylation is 1. The summed E-state index contributed by atoms with van der Waals surface area (Å²) in [5.74, 6) is 0.538. The van der Waals surface area contributed by atoms with Gasteiger partial charge < -0.3 is 10.5 Å². The van der Waals surface area contributed by atoms with Crippen molar-refractivity contribution < 1.29 is 9.53 Å². The fraction of sp³-hybridized carbons (Fsp3) is 0.235. The van der Waals surface area contributed by atoms with Crippen molar-refractivity contribution in [1.29, 1.82) is 0 Å². The van der Waals surface area contributed by atoms with Gasteiger partial charge in [0.1, 0.15) is 5.75 Å². The molecule has 2 aromatic carbocycles. The van der Waals surface area contributed by atoms with Gasteiger partial charge in [-0.25, -0.2) is 0 Å². The molecule has 0 spiro atoms. The fourth-order valence-corrected chi connectivity index (χ4v) is 1.97. The van der Waals surface area contributed by atoms with Crippen LogP contribution in [-0.2, 0) is 0 Å². The number of carbonyl (C=O) groups excluding carboxylic acids is 1. The molecule has 0 bridgehead atoms. The molecule has 0 aliphatic rings. The van der Waals surface area contributed by atoms with Gasteiger partial charge in [-0.3, -0.25) is 4.79 Å². The van der Waals surface area contributed by atoms with Gasteiger partial charge in [0.15, 0.2) is 6.10 Å². The van der Waals surface area contributed by atoms with E-state index in [9.17, 15) is 4.79 Å². The highest BCUT2D eigenvalue weighted by Crippen LogP contribution is 2.23. The second kappa shape index (κ2) is 6.24. The lowest BCUT2D eigenvalue weighted by Crippen LogP contribution is -2.27. The maximum absolute atomic E-state index is 12.4. The zero-order chi connectivity index (χ0) is 14.5. The van der Waals surface area contributed by atoms with Gasteiger partial charge in [0.05, 0.1) is 5.69 Å². The Labute approximate surface area is 119 Å². The average molecular weight is 269 g/mol. The van der Waals surface area contributed by atoms with E-state index in [2.05, 4.69) is 0 Å². The number of ether oxygens (including phenoxy) is 1. The number of nitrogen functional groups attached to an aromatic ring is 1. The Morgan fingerprint density at radius 1 is 1.15 bits per heavy atom. The molecule has 0 fully saturated rings. The second-order valence-corrected chi connectivity index (χ2v) is 4.78. The van der Waals surface area contributed by atoms with E-state index in [1.165, 1.54) is 0 Å². The molecular formula is C17H19NO2. The van der Waals surface area contributed by atoms with Crippen molar-refractivity contribution in [3.05, 3.63) is 59.7 Å². The van der Waals surface area contributed by atoms with E-state index in [0.717, 1.165) is 5.56 Å². The monoisotopic (exact) mass is 269 g/mol. The third-order valence-corrected chi connectivity index (χ3v) is 3.19. The highest BCUT2D eigenvalue weighted by atomic mass is 16.5. The number of para-hydroxylation sites is 2. The smallest absolute Gasteiger partial charge is 0.203 e. The van der Waals surface area contributed by atoms with Gasteiger partial charge in [0.2, 0.25) is 5.78 Å². The van der Waals surface area contributed by atoms with E-state index in [1.54, 1.807) is 12.1 Å². The summed E-state index contributed by atoms with van der Waals surface area (Å²) in [6.45, 7) is 3.92. The zero-order valence-corrected chi connectivity index (χ0v) is 11.8. The van der Waals surface area contributed by atoms with Crippen LogP contribution in [0.5, 0.6) is 5.75 Å². The van der Waals surface area contributed by atoms with Crippen molar-refractivity contribution in [3.8, 4) is 5.75 Å². The first-order chi connectivity index (χ1) is 9.61. The molecule has 104 valence electrons. The summed E-state index contributed by atoms with van der Waals surface area (Å²) in [7, 11) is 0. The van der Waals surface area contributed by atoms with Crippen molar-refractivity contribution in [1.82, 2.24) is 0 Å². The molecule has 2 rings (SSSR count). The molecule has 2 aromatic rings. The maximum Gasteiger partial charge on any atom is 0.203 e. The lowest BCUT2D eigenvalue weighted by atomic mass is 10.0. The van der Waals surface area contributed by atoms with Gasteiger partial charge in [0, 0.05) is 5.56 Å². The number of anilines is 1. The predicted molar refractivity (Wildman–Crippen MR) is 81.1 cm³/mol. The summed E-state index contributed by atoms with van der Waals surface area (Å²) < 4.78 is 5.77. The highest BCUT2D eigenvalue weighted by Gasteiger charge is 2.20. The van der Waals surface area contributed by atoms with Crippen LogP contribution in [0, 0.1) is 6.92 Å². The Hall–Kier alpha value is -2.29. The summed E-state index contributed by atoms with van der Waals surface area (Å²) in [5, 5.41) is 0. The number of benzene rings is 2. The summed E-state index contributed by atoms with van der Waals surface area (Å²) in [6.07, 6.45) is 0.0866. The number of hydrogen-bond acceptors (Lipinski definition) is 3. The topological polar surface area (TPSA) is 52.3 Å². The Morgan fingerprint density at radius 2 is 1.80 bits per heavy atom. The second-order valence-electron chi connectivity index (χ2n) is 4.78. The molecule has 20 heavy (non-hydrogen) atoms. The van der Waals surface area contributed by atoms with Crippen molar-refractivity contribution in [2.24, 2.45) is 0 Å². The number of hydrogen-bond donors (Lipinski definition) is 1. The van der Waals surface area contributed by atoms with Gasteiger partial charge in [-0.2, -0.15) is 0 Å². The molecule has 1 unspecified atom stereocenters. The highest BCUT2D eigenvalue weighted by molar-refractivity contribution is 5.99. The van der Waals surface area contributed by atoms with E-state index >= 15 is 0 Å². The number of Topliss-reactive ketones (excluding diaryl/α,β-unsaturated/α-hetero) is 1. The number of nitrogens with two attached hydrogens (primary N) is 1. The molecule has 0 aliphatic carbocycles. The minimum Gasteiger partial charge on any atom is -0.480 e.